The van der Waals surface area contributed by atoms with Crippen LogP contribution < -0.4 is 10.2 Å². The number of nitrogens with zero attached hydrogens (tertiary/aromatic N) is 1. The molecule has 1 unspecified atom stereocenters. The quantitative estimate of drug-likeness (QED) is 0.614. The third-order valence-electron chi connectivity index (χ3n) is 3.43. The summed E-state index contributed by atoms with van der Waals surface area (Å²) in [5.41, 5.74) is 1.62. The van der Waals surface area contributed by atoms with Gasteiger partial charge in [-0.2, -0.15) is 0 Å². The Morgan fingerprint density at radius 1 is 1.35 bits per heavy atom. The predicted molar refractivity (Wildman–Crippen MR) is 76.4 cm³/mol. The number of carboxylic acids is 1. The molecule has 1 aliphatic heterocycles. The van der Waals surface area contributed by atoms with Crippen LogP contribution in [0.3, 0.4) is 0 Å². The summed E-state index contributed by atoms with van der Waals surface area (Å²) in [5, 5.41) is 30.3. The van der Waals surface area contributed by atoms with Crippen LogP contribution in [0.15, 0.2) is 18.2 Å². The van der Waals surface area contributed by atoms with Gasteiger partial charge in [0, 0.05) is 25.3 Å². The van der Waals surface area contributed by atoms with Crippen LogP contribution in [0.5, 0.6) is 0 Å². The van der Waals surface area contributed by atoms with Crippen LogP contribution in [-0.2, 0) is 0 Å². The van der Waals surface area contributed by atoms with E-state index in [4.69, 9.17) is 5.11 Å². The van der Waals surface area contributed by atoms with E-state index in [9.17, 15) is 15.0 Å². The minimum atomic E-state index is -0.960. The minimum Gasteiger partial charge on any atom is -0.478 e. The smallest absolute Gasteiger partial charge is 0.337 e. The van der Waals surface area contributed by atoms with E-state index >= 15 is 0 Å². The minimum absolute atomic E-state index is 0.179. The van der Waals surface area contributed by atoms with Gasteiger partial charge in [-0.25, -0.2) is 4.79 Å². The van der Waals surface area contributed by atoms with Crippen molar-refractivity contribution in [3.05, 3.63) is 23.8 Å². The first kappa shape index (κ1) is 14.6. The summed E-state index contributed by atoms with van der Waals surface area (Å²) in [6.07, 6.45) is 1.31. The van der Waals surface area contributed by atoms with Gasteiger partial charge in [0.1, 0.15) is 0 Å². The number of carboxylic acid groups (broad SMARTS) is 1. The van der Waals surface area contributed by atoms with E-state index in [-0.39, 0.29) is 18.7 Å². The monoisotopic (exact) mass is 280 g/mol. The Hall–Kier alpha value is -1.79. The van der Waals surface area contributed by atoms with Gasteiger partial charge < -0.3 is 25.5 Å². The maximum absolute atomic E-state index is 11.4. The number of nitrogens with one attached hydrogen (secondary N) is 1. The van der Waals surface area contributed by atoms with Crippen molar-refractivity contribution in [3.63, 3.8) is 0 Å². The molecule has 0 saturated carbocycles. The van der Waals surface area contributed by atoms with E-state index in [1.165, 1.54) is 0 Å². The molecule has 1 fully saturated rings. The molecule has 0 bridgehead atoms. The van der Waals surface area contributed by atoms with Crippen molar-refractivity contribution in [2.75, 3.05) is 36.5 Å². The first-order valence-corrected chi connectivity index (χ1v) is 6.77. The lowest BCUT2D eigenvalue weighted by atomic mass is 10.1. The highest BCUT2D eigenvalue weighted by Crippen LogP contribution is 2.27. The Balaban J connectivity index is 2.16. The maximum atomic E-state index is 11.4. The lowest BCUT2D eigenvalue weighted by Crippen LogP contribution is -2.23. The standard InChI is InChI=1S/C14H20N2O4/c17-9-11(18)8-15-10-3-4-13(12(7-10)14(19)20)16-5-1-2-6-16/h3-4,7,11,15,17-18H,1-2,5-6,8-9H2,(H,19,20). The van der Waals surface area contributed by atoms with Crippen molar-refractivity contribution in [1.29, 1.82) is 0 Å². The zero-order valence-corrected chi connectivity index (χ0v) is 11.2. The second-order valence-corrected chi connectivity index (χ2v) is 4.95. The van der Waals surface area contributed by atoms with Gasteiger partial charge in [0.25, 0.3) is 0 Å². The number of aliphatic hydroxyl groups excluding tert-OH is 2. The van der Waals surface area contributed by atoms with Crippen molar-refractivity contribution < 1.29 is 20.1 Å². The molecule has 20 heavy (non-hydrogen) atoms. The Labute approximate surface area is 117 Å². The molecule has 2 rings (SSSR count). The van der Waals surface area contributed by atoms with E-state index in [0.29, 0.717) is 5.69 Å². The van der Waals surface area contributed by atoms with Crippen LogP contribution in [0.25, 0.3) is 0 Å². The first-order valence-electron chi connectivity index (χ1n) is 6.77. The molecule has 1 aromatic carbocycles. The number of hydrogen-bond donors (Lipinski definition) is 4. The highest BCUT2D eigenvalue weighted by molar-refractivity contribution is 5.95. The van der Waals surface area contributed by atoms with Gasteiger partial charge in [-0.05, 0) is 31.0 Å². The average molecular weight is 280 g/mol. The lowest BCUT2D eigenvalue weighted by Gasteiger charge is -2.21. The van der Waals surface area contributed by atoms with E-state index in [1.54, 1.807) is 18.2 Å². The van der Waals surface area contributed by atoms with Gasteiger partial charge in [0.05, 0.1) is 24.0 Å². The zero-order valence-electron chi connectivity index (χ0n) is 11.2. The number of aliphatic hydroxyl groups is 2. The summed E-state index contributed by atoms with van der Waals surface area (Å²) >= 11 is 0. The van der Waals surface area contributed by atoms with Crippen molar-refractivity contribution in [3.8, 4) is 0 Å². The molecular formula is C14H20N2O4. The topological polar surface area (TPSA) is 93.0 Å². The Morgan fingerprint density at radius 3 is 2.65 bits per heavy atom. The molecule has 1 heterocycles. The molecule has 1 saturated heterocycles. The van der Waals surface area contributed by atoms with Gasteiger partial charge in [-0.3, -0.25) is 0 Å². The molecule has 1 aromatic rings. The van der Waals surface area contributed by atoms with Crippen LogP contribution in [0.1, 0.15) is 23.2 Å². The van der Waals surface area contributed by atoms with Crippen LogP contribution in [0.2, 0.25) is 0 Å². The second kappa shape index (κ2) is 6.58. The van der Waals surface area contributed by atoms with E-state index in [0.717, 1.165) is 31.6 Å². The van der Waals surface area contributed by atoms with Crippen LogP contribution in [0.4, 0.5) is 11.4 Å². The lowest BCUT2D eigenvalue weighted by molar-refractivity contribution is 0.0697. The summed E-state index contributed by atoms with van der Waals surface area (Å²) < 4.78 is 0. The number of hydrogen-bond acceptors (Lipinski definition) is 5. The number of anilines is 2. The number of carbonyl (C=O) groups is 1. The fourth-order valence-corrected chi connectivity index (χ4v) is 2.35. The molecule has 4 N–H and O–H groups in total. The highest BCUT2D eigenvalue weighted by atomic mass is 16.4. The third-order valence-corrected chi connectivity index (χ3v) is 3.43. The zero-order chi connectivity index (χ0) is 14.5. The summed E-state index contributed by atoms with van der Waals surface area (Å²) in [6.45, 7) is 1.62. The SMILES string of the molecule is O=C(O)c1cc(NCC(O)CO)ccc1N1CCCC1. The fraction of sp³-hybridized carbons (Fsp3) is 0.500. The highest BCUT2D eigenvalue weighted by Gasteiger charge is 2.19. The van der Waals surface area contributed by atoms with Gasteiger partial charge in [0.15, 0.2) is 0 Å². The van der Waals surface area contributed by atoms with Gasteiger partial charge >= 0.3 is 5.97 Å². The van der Waals surface area contributed by atoms with Crippen molar-refractivity contribution in [2.24, 2.45) is 0 Å². The van der Waals surface area contributed by atoms with Crippen molar-refractivity contribution >= 4 is 17.3 Å². The third kappa shape index (κ3) is 3.40. The number of rotatable bonds is 6. The van der Waals surface area contributed by atoms with E-state index < -0.39 is 12.1 Å². The van der Waals surface area contributed by atoms with Gasteiger partial charge in [-0.1, -0.05) is 0 Å². The molecule has 0 spiro atoms. The normalized spacial score (nSPS) is 16.2. The molecule has 0 radical (unpaired) electrons. The summed E-state index contributed by atoms with van der Waals surface area (Å²) in [6, 6.07) is 5.16. The predicted octanol–water partition coefficient (Wildman–Crippen LogP) is 0.750. The van der Waals surface area contributed by atoms with Gasteiger partial charge in [0.2, 0.25) is 0 Å². The van der Waals surface area contributed by atoms with Crippen LogP contribution >= 0.6 is 0 Å². The number of benzene rings is 1. The molecular weight excluding hydrogens is 260 g/mol. The molecule has 1 aliphatic rings. The Kier molecular flexibility index (Phi) is 4.81. The molecule has 6 nitrogen and oxygen atoms in total. The molecule has 6 heteroatoms. The van der Waals surface area contributed by atoms with E-state index in [2.05, 4.69) is 10.2 Å². The molecule has 0 aromatic heterocycles. The molecule has 0 amide bonds. The van der Waals surface area contributed by atoms with Crippen LogP contribution in [0, 0.1) is 0 Å². The number of aromatic carboxylic acids is 1. The fourth-order valence-electron chi connectivity index (χ4n) is 2.35. The summed E-state index contributed by atoms with van der Waals surface area (Å²) in [7, 11) is 0. The maximum Gasteiger partial charge on any atom is 0.337 e. The second-order valence-electron chi connectivity index (χ2n) is 4.95. The molecule has 110 valence electrons. The van der Waals surface area contributed by atoms with E-state index in [1.807, 2.05) is 0 Å². The van der Waals surface area contributed by atoms with Crippen molar-refractivity contribution in [1.82, 2.24) is 0 Å². The molecule has 1 atom stereocenters. The summed E-state index contributed by atoms with van der Waals surface area (Å²) in [4.78, 5) is 13.5. The summed E-state index contributed by atoms with van der Waals surface area (Å²) in [5.74, 6) is -0.960. The van der Waals surface area contributed by atoms with Gasteiger partial charge in [-0.15, -0.1) is 0 Å². The Morgan fingerprint density at radius 2 is 2.05 bits per heavy atom. The average Bonchev–Trinajstić information content (AvgIpc) is 2.98. The van der Waals surface area contributed by atoms with Crippen molar-refractivity contribution in [2.45, 2.75) is 18.9 Å². The Bertz CT molecular complexity index is 472. The van der Waals surface area contributed by atoms with Crippen LogP contribution in [-0.4, -0.2) is 53.6 Å². The largest absolute Gasteiger partial charge is 0.478 e. The first-order chi connectivity index (χ1) is 9.61. The molecule has 0 aliphatic carbocycles.